The Hall–Kier alpha value is -1.55. The molecule has 0 fully saturated rings. The van der Waals surface area contributed by atoms with Crippen LogP contribution in [0.15, 0.2) is 12.1 Å². The molecule has 98 valence electrons. The van der Waals surface area contributed by atoms with E-state index < -0.39 is 5.54 Å². The predicted molar refractivity (Wildman–Crippen MR) is 69.2 cm³/mol. The molecule has 1 aromatic carbocycles. The molecule has 0 aliphatic heterocycles. The summed E-state index contributed by atoms with van der Waals surface area (Å²) in [5, 5.41) is 0. The molecule has 4 heteroatoms. The van der Waals surface area contributed by atoms with E-state index in [1.54, 1.807) is 21.1 Å². The van der Waals surface area contributed by atoms with Gasteiger partial charge in [-0.2, -0.15) is 0 Å². The first-order valence-corrected chi connectivity index (χ1v) is 6.04. The lowest BCUT2D eigenvalue weighted by Crippen LogP contribution is -2.51. The van der Waals surface area contributed by atoms with Gasteiger partial charge in [-0.25, -0.2) is 0 Å². The number of hydrogen-bond donors (Lipinski definition) is 1. The van der Waals surface area contributed by atoms with Crippen molar-refractivity contribution >= 4 is 5.78 Å². The van der Waals surface area contributed by atoms with Crippen molar-refractivity contribution in [1.82, 2.24) is 0 Å². The molecule has 1 aromatic rings. The van der Waals surface area contributed by atoms with Crippen LogP contribution in [0, 0.1) is 0 Å². The molecule has 0 amide bonds. The van der Waals surface area contributed by atoms with Gasteiger partial charge in [0, 0.05) is 17.5 Å². The maximum atomic E-state index is 11.7. The third-order valence-electron chi connectivity index (χ3n) is 3.80. The normalized spacial score (nSPS) is 22.2. The molecule has 0 heterocycles. The zero-order valence-corrected chi connectivity index (χ0v) is 11.1. The molecule has 0 spiro atoms. The third kappa shape index (κ3) is 1.97. The van der Waals surface area contributed by atoms with Crippen LogP contribution in [0.25, 0.3) is 0 Å². The van der Waals surface area contributed by atoms with Gasteiger partial charge in [0.1, 0.15) is 17.3 Å². The lowest BCUT2D eigenvalue weighted by molar-refractivity contribution is -0.122. The van der Waals surface area contributed by atoms with Crippen LogP contribution in [0.4, 0.5) is 0 Å². The van der Waals surface area contributed by atoms with Crippen molar-refractivity contribution in [2.75, 3.05) is 14.2 Å². The van der Waals surface area contributed by atoms with E-state index in [9.17, 15) is 4.79 Å². The summed E-state index contributed by atoms with van der Waals surface area (Å²) in [7, 11) is 3.28. The number of ether oxygens (including phenoxy) is 2. The number of methoxy groups -OCH3 is 2. The Morgan fingerprint density at radius 1 is 1.22 bits per heavy atom. The molecule has 2 N–H and O–H groups in total. The summed E-state index contributed by atoms with van der Waals surface area (Å²) in [6, 6.07) is 3.76. The minimum Gasteiger partial charge on any atom is -0.496 e. The molecule has 18 heavy (non-hydrogen) atoms. The maximum Gasteiger partial charge on any atom is 0.149 e. The Morgan fingerprint density at radius 3 is 2.28 bits per heavy atom. The first-order valence-electron chi connectivity index (χ1n) is 6.04. The van der Waals surface area contributed by atoms with Gasteiger partial charge in [0.2, 0.25) is 0 Å². The molecule has 0 bridgehead atoms. The van der Waals surface area contributed by atoms with Crippen molar-refractivity contribution in [2.24, 2.45) is 5.73 Å². The van der Waals surface area contributed by atoms with Crippen LogP contribution in [0.2, 0.25) is 0 Å². The zero-order valence-electron chi connectivity index (χ0n) is 11.1. The van der Waals surface area contributed by atoms with Gasteiger partial charge in [-0.1, -0.05) is 0 Å². The predicted octanol–water partition coefficient (Wildman–Crippen LogP) is 1.48. The highest BCUT2D eigenvalue weighted by Crippen LogP contribution is 2.38. The van der Waals surface area contributed by atoms with Gasteiger partial charge in [-0.3, -0.25) is 4.79 Å². The van der Waals surface area contributed by atoms with Gasteiger partial charge in [-0.05, 0) is 31.9 Å². The van der Waals surface area contributed by atoms with Gasteiger partial charge >= 0.3 is 0 Å². The molecule has 1 atom stereocenters. The molecule has 4 nitrogen and oxygen atoms in total. The van der Waals surface area contributed by atoms with E-state index in [2.05, 4.69) is 0 Å². The molecule has 0 saturated heterocycles. The van der Waals surface area contributed by atoms with Crippen molar-refractivity contribution in [2.45, 2.75) is 31.7 Å². The van der Waals surface area contributed by atoms with Crippen LogP contribution >= 0.6 is 0 Å². The number of carbonyl (C=O) groups excluding carboxylic acids is 1. The second-order valence-electron chi connectivity index (χ2n) is 4.82. The maximum absolute atomic E-state index is 11.7. The summed E-state index contributed by atoms with van der Waals surface area (Å²) in [6.45, 7) is 1.55. The van der Waals surface area contributed by atoms with Gasteiger partial charge in [-0.15, -0.1) is 0 Å². The Morgan fingerprint density at radius 2 is 1.78 bits per heavy atom. The van der Waals surface area contributed by atoms with E-state index in [1.807, 2.05) is 12.1 Å². The SMILES string of the molecule is COc1ccc(OC)c2c1CC[C@](N)(C(C)=O)C2. The molecule has 2 rings (SSSR count). The van der Waals surface area contributed by atoms with Crippen LogP contribution in [0.3, 0.4) is 0 Å². The van der Waals surface area contributed by atoms with Crippen LogP contribution in [-0.4, -0.2) is 25.5 Å². The summed E-state index contributed by atoms with van der Waals surface area (Å²) in [5.41, 5.74) is 7.53. The first-order chi connectivity index (χ1) is 8.51. The number of hydrogen-bond acceptors (Lipinski definition) is 4. The lowest BCUT2D eigenvalue weighted by atomic mass is 9.76. The van der Waals surface area contributed by atoms with Crippen molar-refractivity contribution in [3.05, 3.63) is 23.3 Å². The van der Waals surface area contributed by atoms with E-state index >= 15 is 0 Å². The highest BCUT2D eigenvalue weighted by atomic mass is 16.5. The molecular formula is C14H19NO3. The van der Waals surface area contributed by atoms with E-state index in [-0.39, 0.29) is 5.78 Å². The monoisotopic (exact) mass is 249 g/mol. The van der Waals surface area contributed by atoms with Crippen LogP contribution in [-0.2, 0) is 17.6 Å². The molecule has 0 aromatic heterocycles. The van der Waals surface area contributed by atoms with E-state index in [1.165, 1.54) is 0 Å². The number of Topliss-reactive ketones (excluding diaryl/α,β-unsaturated/α-hetero) is 1. The Balaban J connectivity index is 2.50. The fourth-order valence-electron chi connectivity index (χ4n) is 2.55. The molecule has 1 aliphatic carbocycles. The van der Waals surface area contributed by atoms with Crippen molar-refractivity contribution in [3.8, 4) is 11.5 Å². The van der Waals surface area contributed by atoms with Crippen molar-refractivity contribution < 1.29 is 14.3 Å². The topological polar surface area (TPSA) is 61.6 Å². The Labute approximate surface area is 107 Å². The second kappa shape index (κ2) is 4.61. The standard InChI is InChI=1S/C14H19NO3/c1-9(16)14(15)7-6-10-11(8-14)13(18-3)5-4-12(10)17-2/h4-5H,6-8,15H2,1-3H3/t14-/m1/s1. The highest BCUT2D eigenvalue weighted by molar-refractivity contribution is 5.87. The summed E-state index contributed by atoms with van der Waals surface area (Å²) in [5.74, 6) is 1.65. The minimum atomic E-state index is -0.771. The molecular weight excluding hydrogens is 230 g/mol. The van der Waals surface area contributed by atoms with E-state index in [0.29, 0.717) is 12.8 Å². The average Bonchev–Trinajstić information content (AvgIpc) is 2.37. The zero-order chi connectivity index (χ0) is 13.3. The van der Waals surface area contributed by atoms with Gasteiger partial charge in [0.15, 0.2) is 0 Å². The number of rotatable bonds is 3. The summed E-state index contributed by atoms with van der Waals surface area (Å²) in [6.07, 6.45) is 1.91. The second-order valence-corrected chi connectivity index (χ2v) is 4.82. The number of ketones is 1. The van der Waals surface area contributed by atoms with Gasteiger partial charge in [0.05, 0.1) is 19.8 Å². The van der Waals surface area contributed by atoms with Crippen LogP contribution < -0.4 is 15.2 Å². The Kier molecular flexibility index (Phi) is 3.30. The van der Waals surface area contributed by atoms with Crippen molar-refractivity contribution in [3.63, 3.8) is 0 Å². The first kappa shape index (κ1) is 12.9. The molecule has 1 aliphatic rings. The Bertz CT molecular complexity index is 484. The van der Waals surface area contributed by atoms with E-state index in [0.717, 1.165) is 29.0 Å². The number of carbonyl (C=O) groups is 1. The molecule has 0 unspecified atom stereocenters. The fourth-order valence-corrected chi connectivity index (χ4v) is 2.55. The van der Waals surface area contributed by atoms with E-state index in [4.69, 9.17) is 15.2 Å². The van der Waals surface area contributed by atoms with Gasteiger partial charge < -0.3 is 15.2 Å². The number of fused-ring (bicyclic) bond motifs is 1. The number of benzene rings is 1. The third-order valence-corrected chi connectivity index (χ3v) is 3.80. The van der Waals surface area contributed by atoms with Gasteiger partial charge in [0.25, 0.3) is 0 Å². The highest BCUT2D eigenvalue weighted by Gasteiger charge is 2.37. The summed E-state index contributed by atoms with van der Waals surface area (Å²) >= 11 is 0. The molecule has 0 radical (unpaired) electrons. The summed E-state index contributed by atoms with van der Waals surface area (Å²) in [4.78, 5) is 11.7. The van der Waals surface area contributed by atoms with Crippen molar-refractivity contribution in [1.29, 1.82) is 0 Å². The van der Waals surface area contributed by atoms with Crippen LogP contribution in [0.5, 0.6) is 11.5 Å². The van der Waals surface area contributed by atoms with Crippen LogP contribution in [0.1, 0.15) is 24.5 Å². The average molecular weight is 249 g/mol. The lowest BCUT2D eigenvalue weighted by Gasteiger charge is -2.33. The largest absolute Gasteiger partial charge is 0.496 e. The fraction of sp³-hybridized carbons (Fsp3) is 0.500. The quantitative estimate of drug-likeness (QED) is 0.881. The molecule has 0 saturated carbocycles. The summed E-state index contributed by atoms with van der Waals surface area (Å²) < 4.78 is 10.7. The number of nitrogens with two attached hydrogens (primary N) is 1. The smallest absolute Gasteiger partial charge is 0.149 e. The minimum absolute atomic E-state index is 0.0259.